The molecule has 1 fully saturated rings. The van der Waals surface area contributed by atoms with Crippen molar-refractivity contribution in [1.29, 1.82) is 0 Å². The van der Waals surface area contributed by atoms with Crippen LogP contribution in [0.5, 0.6) is 5.75 Å². The molecule has 2 nitrogen and oxygen atoms in total. The Morgan fingerprint density at radius 2 is 2.22 bits per heavy atom. The highest BCUT2D eigenvalue weighted by Gasteiger charge is 2.25. The summed E-state index contributed by atoms with van der Waals surface area (Å²) in [4.78, 5) is 0. The summed E-state index contributed by atoms with van der Waals surface area (Å²) in [7, 11) is 1.49. The minimum absolute atomic E-state index is 0.267. The topological polar surface area (TPSA) is 21.3 Å². The van der Waals surface area contributed by atoms with Crippen molar-refractivity contribution in [3.05, 3.63) is 29.6 Å². The Balaban J connectivity index is 1.98. The zero-order chi connectivity index (χ0) is 13.0. The summed E-state index contributed by atoms with van der Waals surface area (Å²) in [5.74, 6) is 0.940. The third-order valence-electron chi connectivity index (χ3n) is 3.51. The van der Waals surface area contributed by atoms with Crippen LogP contribution in [0.1, 0.15) is 31.7 Å². The molecule has 1 aromatic carbocycles. The smallest absolute Gasteiger partial charge is 0.165 e. The number of nitrogens with one attached hydrogen (secondary N) is 1. The van der Waals surface area contributed by atoms with Gasteiger partial charge in [0.25, 0.3) is 0 Å². The van der Waals surface area contributed by atoms with E-state index in [1.54, 1.807) is 12.1 Å². The molecule has 0 aliphatic heterocycles. The van der Waals surface area contributed by atoms with E-state index in [1.165, 1.54) is 26.4 Å². The van der Waals surface area contributed by atoms with E-state index in [9.17, 15) is 4.39 Å². The van der Waals surface area contributed by atoms with Crippen LogP contribution >= 0.6 is 0 Å². The summed E-state index contributed by atoms with van der Waals surface area (Å²) in [5, 5.41) is 3.50. The molecule has 2 rings (SSSR count). The molecular formula is C15H22FNO. The number of rotatable bonds is 7. The molecule has 3 heteroatoms. The van der Waals surface area contributed by atoms with Crippen LogP contribution in [-0.2, 0) is 6.42 Å². The van der Waals surface area contributed by atoms with Crippen molar-refractivity contribution >= 4 is 0 Å². The molecule has 0 amide bonds. The number of likely N-dealkylation sites (N-methyl/N-ethyl adjacent to an activating group) is 1. The Labute approximate surface area is 109 Å². The van der Waals surface area contributed by atoms with Crippen molar-refractivity contribution in [3.8, 4) is 5.75 Å². The largest absolute Gasteiger partial charge is 0.494 e. The lowest BCUT2D eigenvalue weighted by molar-refractivity contribution is 0.385. The molecule has 0 spiro atoms. The third-order valence-corrected chi connectivity index (χ3v) is 3.51. The number of benzene rings is 1. The van der Waals surface area contributed by atoms with Crippen LogP contribution in [0, 0.1) is 11.7 Å². The van der Waals surface area contributed by atoms with Gasteiger partial charge in [-0.25, -0.2) is 4.39 Å². The first-order chi connectivity index (χ1) is 8.72. The van der Waals surface area contributed by atoms with Crippen molar-refractivity contribution in [2.24, 2.45) is 5.92 Å². The second-order valence-electron chi connectivity index (χ2n) is 5.11. The number of hydrogen-bond donors (Lipinski definition) is 1. The van der Waals surface area contributed by atoms with Crippen LogP contribution in [0.15, 0.2) is 18.2 Å². The van der Waals surface area contributed by atoms with Crippen LogP contribution in [0.3, 0.4) is 0 Å². The molecule has 0 radical (unpaired) electrons. The lowest BCUT2D eigenvalue weighted by Gasteiger charge is -2.18. The van der Waals surface area contributed by atoms with Gasteiger partial charge < -0.3 is 10.1 Å². The van der Waals surface area contributed by atoms with Crippen LogP contribution in [0.2, 0.25) is 0 Å². The van der Waals surface area contributed by atoms with E-state index >= 15 is 0 Å². The molecule has 1 saturated carbocycles. The van der Waals surface area contributed by atoms with E-state index in [2.05, 4.69) is 12.2 Å². The van der Waals surface area contributed by atoms with Gasteiger partial charge in [-0.05, 0) is 43.0 Å². The first-order valence-corrected chi connectivity index (χ1v) is 6.78. The van der Waals surface area contributed by atoms with E-state index < -0.39 is 0 Å². The Bertz CT molecular complexity index is 390. The van der Waals surface area contributed by atoms with Crippen molar-refractivity contribution in [1.82, 2.24) is 5.32 Å². The first kappa shape index (κ1) is 13.3. The SMILES string of the molecule is CCNC(Cc1ccc(OC)c(F)c1)CC1CC1. The average molecular weight is 251 g/mol. The second kappa shape index (κ2) is 6.19. The summed E-state index contributed by atoms with van der Waals surface area (Å²) in [6.45, 7) is 3.09. The summed E-state index contributed by atoms with van der Waals surface area (Å²) in [6, 6.07) is 5.73. The van der Waals surface area contributed by atoms with Gasteiger partial charge in [0.1, 0.15) is 0 Å². The van der Waals surface area contributed by atoms with Gasteiger partial charge in [0.15, 0.2) is 11.6 Å². The highest BCUT2D eigenvalue weighted by atomic mass is 19.1. The highest BCUT2D eigenvalue weighted by Crippen LogP contribution is 2.34. The summed E-state index contributed by atoms with van der Waals surface area (Å²) >= 11 is 0. The Morgan fingerprint density at radius 1 is 1.44 bits per heavy atom. The van der Waals surface area contributed by atoms with Crippen molar-refractivity contribution in [2.45, 2.75) is 38.6 Å². The van der Waals surface area contributed by atoms with Gasteiger partial charge in [0, 0.05) is 6.04 Å². The number of methoxy groups -OCH3 is 1. The monoisotopic (exact) mass is 251 g/mol. The van der Waals surface area contributed by atoms with Crippen LogP contribution < -0.4 is 10.1 Å². The Hall–Kier alpha value is -1.09. The highest BCUT2D eigenvalue weighted by molar-refractivity contribution is 5.29. The van der Waals surface area contributed by atoms with E-state index in [1.807, 2.05) is 6.07 Å². The molecule has 1 aromatic rings. The predicted molar refractivity (Wildman–Crippen MR) is 71.5 cm³/mol. The van der Waals surface area contributed by atoms with Gasteiger partial charge in [0.2, 0.25) is 0 Å². The molecular weight excluding hydrogens is 229 g/mol. The first-order valence-electron chi connectivity index (χ1n) is 6.78. The molecule has 0 saturated heterocycles. The van der Waals surface area contributed by atoms with Crippen LogP contribution in [0.25, 0.3) is 0 Å². The maximum absolute atomic E-state index is 13.6. The van der Waals surface area contributed by atoms with E-state index in [0.29, 0.717) is 11.8 Å². The summed E-state index contributed by atoms with van der Waals surface area (Å²) in [5.41, 5.74) is 1.04. The molecule has 0 heterocycles. The molecule has 1 aliphatic rings. The molecule has 1 aliphatic carbocycles. The van der Waals surface area contributed by atoms with Gasteiger partial charge in [-0.3, -0.25) is 0 Å². The van der Waals surface area contributed by atoms with Gasteiger partial charge in [-0.1, -0.05) is 25.8 Å². The van der Waals surface area contributed by atoms with E-state index in [0.717, 1.165) is 24.4 Å². The molecule has 18 heavy (non-hydrogen) atoms. The zero-order valence-electron chi connectivity index (χ0n) is 11.2. The fourth-order valence-corrected chi connectivity index (χ4v) is 2.40. The van der Waals surface area contributed by atoms with Crippen LogP contribution in [-0.4, -0.2) is 19.7 Å². The zero-order valence-corrected chi connectivity index (χ0v) is 11.2. The minimum Gasteiger partial charge on any atom is -0.494 e. The lowest BCUT2D eigenvalue weighted by atomic mass is 10.0. The van der Waals surface area contributed by atoms with E-state index in [4.69, 9.17) is 4.74 Å². The van der Waals surface area contributed by atoms with Gasteiger partial charge in [-0.15, -0.1) is 0 Å². The lowest BCUT2D eigenvalue weighted by Crippen LogP contribution is -2.31. The third kappa shape index (κ3) is 3.70. The van der Waals surface area contributed by atoms with Crippen molar-refractivity contribution in [2.75, 3.05) is 13.7 Å². The standard InChI is InChI=1S/C15H22FNO/c1-3-17-13(8-11-4-5-11)9-12-6-7-15(18-2)14(16)10-12/h6-7,10-11,13,17H,3-5,8-9H2,1-2H3. The van der Waals surface area contributed by atoms with Crippen LogP contribution in [0.4, 0.5) is 4.39 Å². The Kier molecular flexibility index (Phi) is 4.59. The molecule has 1 unspecified atom stereocenters. The Morgan fingerprint density at radius 3 is 2.78 bits per heavy atom. The summed E-state index contributed by atoms with van der Waals surface area (Å²) < 4.78 is 18.6. The fraction of sp³-hybridized carbons (Fsp3) is 0.600. The van der Waals surface area contributed by atoms with E-state index in [-0.39, 0.29) is 5.82 Å². The molecule has 1 atom stereocenters. The van der Waals surface area contributed by atoms with Crippen molar-refractivity contribution < 1.29 is 9.13 Å². The van der Waals surface area contributed by atoms with Gasteiger partial charge in [0.05, 0.1) is 7.11 Å². The number of ether oxygens (including phenoxy) is 1. The molecule has 1 N–H and O–H groups in total. The second-order valence-corrected chi connectivity index (χ2v) is 5.11. The predicted octanol–water partition coefficient (Wildman–Crippen LogP) is 3.16. The molecule has 0 aromatic heterocycles. The quantitative estimate of drug-likeness (QED) is 0.803. The maximum Gasteiger partial charge on any atom is 0.165 e. The number of hydrogen-bond acceptors (Lipinski definition) is 2. The normalized spacial score (nSPS) is 16.6. The minimum atomic E-state index is -0.267. The number of halogens is 1. The fourth-order valence-electron chi connectivity index (χ4n) is 2.40. The molecule has 100 valence electrons. The van der Waals surface area contributed by atoms with Crippen molar-refractivity contribution in [3.63, 3.8) is 0 Å². The molecule has 0 bridgehead atoms. The van der Waals surface area contributed by atoms with Gasteiger partial charge >= 0.3 is 0 Å². The summed E-state index contributed by atoms with van der Waals surface area (Å²) in [6.07, 6.45) is 4.82. The van der Waals surface area contributed by atoms with Gasteiger partial charge in [-0.2, -0.15) is 0 Å². The average Bonchev–Trinajstić information content (AvgIpc) is 3.13. The maximum atomic E-state index is 13.6.